The Balaban J connectivity index is 1.61. The van der Waals surface area contributed by atoms with Crippen molar-refractivity contribution in [1.29, 1.82) is 0 Å². The monoisotopic (exact) mass is 276 g/mol. The number of likely N-dealkylation sites (N-methyl/N-ethyl adjacent to an activating group) is 1. The molecule has 1 saturated heterocycles. The van der Waals surface area contributed by atoms with E-state index < -0.39 is 0 Å². The van der Waals surface area contributed by atoms with Crippen LogP contribution in [0.4, 0.5) is 4.39 Å². The molecule has 2 aliphatic rings. The largest absolute Gasteiger partial charge is 0.341 e. The fourth-order valence-corrected chi connectivity index (χ4v) is 3.19. The second-order valence-corrected chi connectivity index (χ2v) is 5.91. The van der Waals surface area contributed by atoms with Crippen LogP contribution in [0.1, 0.15) is 30.7 Å². The minimum Gasteiger partial charge on any atom is -0.341 e. The summed E-state index contributed by atoms with van der Waals surface area (Å²) in [4.78, 5) is 14.5. The molecular formula is C16H21FN2O. The van der Waals surface area contributed by atoms with Crippen LogP contribution in [-0.4, -0.2) is 37.0 Å². The van der Waals surface area contributed by atoms with Gasteiger partial charge in [0.2, 0.25) is 5.91 Å². The van der Waals surface area contributed by atoms with Gasteiger partial charge in [0.1, 0.15) is 5.82 Å². The summed E-state index contributed by atoms with van der Waals surface area (Å²) in [6, 6.07) is 7.00. The summed E-state index contributed by atoms with van der Waals surface area (Å²) in [7, 11) is 1.96. The highest BCUT2D eigenvalue weighted by molar-refractivity contribution is 5.83. The number of halogens is 1. The van der Waals surface area contributed by atoms with E-state index in [-0.39, 0.29) is 23.6 Å². The van der Waals surface area contributed by atoms with Crippen molar-refractivity contribution in [2.45, 2.75) is 31.2 Å². The number of hydrogen-bond donors (Lipinski definition) is 1. The van der Waals surface area contributed by atoms with Crippen LogP contribution in [0.25, 0.3) is 0 Å². The first-order valence-electron chi connectivity index (χ1n) is 7.40. The van der Waals surface area contributed by atoms with Crippen molar-refractivity contribution in [2.75, 3.05) is 20.1 Å². The third-order valence-corrected chi connectivity index (χ3v) is 4.55. The first-order valence-corrected chi connectivity index (χ1v) is 7.40. The number of likely N-dealkylation sites (tertiary alicyclic amines) is 1. The van der Waals surface area contributed by atoms with Gasteiger partial charge < -0.3 is 10.2 Å². The smallest absolute Gasteiger partial charge is 0.226 e. The SMILES string of the molecule is CNC1CCCN(C(=O)C2CC2c2ccc(F)cc2)C1. The maximum absolute atomic E-state index is 12.9. The summed E-state index contributed by atoms with van der Waals surface area (Å²) < 4.78 is 12.9. The van der Waals surface area contributed by atoms with E-state index in [1.807, 2.05) is 11.9 Å². The minimum atomic E-state index is -0.217. The highest BCUT2D eigenvalue weighted by Crippen LogP contribution is 2.48. The van der Waals surface area contributed by atoms with Crippen LogP contribution in [0.3, 0.4) is 0 Å². The molecule has 1 aromatic carbocycles. The summed E-state index contributed by atoms with van der Waals surface area (Å²) in [5.41, 5.74) is 1.09. The molecule has 0 aromatic heterocycles. The van der Waals surface area contributed by atoms with E-state index in [2.05, 4.69) is 5.32 Å². The van der Waals surface area contributed by atoms with Gasteiger partial charge in [0.25, 0.3) is 0 Å². The Morgan fingerprint density at radius 3 is 2.80 bits per heavy atom. The first-order chi connectivity index (χ1) is 9.69. The molecule has 20 heavy (non-hydrogen) atoms. The molecule has 4 heteroatoms. The van der Waals surface area contributed by atoms with E-state index in [4.69, 9.17) is 0 Å². The summed E-state index contributed by atoms with van der Waals surface area (Å²) in [6.45, 7) is 1.70. The number of carbonyl (C=O) groups excluding carboxylic acids is 1. The van der Waals surface area contributed by atoms with E-state index in [9.17, 15) is 9.18 Å². The molecule has 108 valence electrons. The normalized spacial score (nSPS) is 29.3. The minimum absolute atomic E-state index is 0.107. The molecule has 1 aliphatic carbocycles. The van der Waals surface area contributed by atoms with Crippen LogP contribution < -0.4 is 5.32 Å². The molecule has 1 saturated carbocycles. The lowest BCUT2D eigenvalue weighted by atomic mass is 10.0. The van der Waals surface area contributed by atoms with Gasteiger partial charge in [-0.3, -0.25) is 4.79 Å². The van der Waals surface area contributed by atoms with Crippen LogP contribution in [0.5, 0.6) is 0 Å². The molecule has 0 spiro atoms. The maximum atomic E-state index is 12.9. The Morgan fingerprint density at radius 2 is 2.10 bits per heavy atom. The third-order valence-electron chi connectivity index (χ3n) is 4.55. The van der Waals surface area contributed by atoms with Crippen LogP contribution >= 0.6 is 0 Å². The Labute approximate surface area is 119 Å². The Morgan fingerprint density at radius 1 is 1.35 bits per heavy atom. The van der Waals surface area contributed by atoms with Crippen molar-refractivity contribution < 1.29 is 9.18 Å². The number of nitrogens with zero attached hydrogens (tertiary/aromatic N) is 1. The Bertz CT molecular complexity index is 488. The van der Waals surface area contributed by atoms with Gasteiger partial charge in [0.15, 0.2) is 0 Å². The molecule has 1 amide bonds. The van der Waals surface area contributed by atoms with Gasteiger partial charge in [-0.2, -0.15) is 0 Å². The molecule has 0 radical (unpaired) electrons. The highest BCUT2D eigenvalue weighted by atomic mass is 19.1. The van der Waals surface area contributed by atoms with Crippen LogP contribution in [-0.2, 0) is 4.79 Å². The number of rotatable bonds is 3. The van der Waals surface area contributed by atoms with Crippen LogP contribution in [0, 0.1) is 11.7 Å². The van der Waals surface area contributed by atoms with Crippen molar-refractivity contribution in [3.63, 3.8) is 0 Å². The summed E-state index contributed by atoms with van der Waals surface area (Å²) in [5, 5.41) is 3.26. The van der Waals surface area contributed by atoms with Gasteiger partial charge in [-0.1, -0.05) is 12.1 Å². The van der Waals surface area contributed by atoms with Gasteiger partial charge in [0, 0.05) is 25.0 Å². The van der Waals surface area contributed by atoms with E-state index in [0.717, 1.165) is 37.9 Å². The molecule has 3 unspecified atom stereocenters. The third kappa shape index (κ3) is 2.70. The molecule has 1 aromatic rings. The number of hydrogen-bond acceptors (Lipinski definition) is 2. The van der Waals surface area contributed by atoms with Crippen molar-refractivity contribution in [1.82, 2.24) is 10.2 Å². The van der Waals surface area contributed by atoms with Crippen molar-refractivity contribution >= 4 is 5.91 Å². The number of carbonyl (C=O) groups is 1. The molecule has 1 aliphatic heterocycles. The predicted molar refractivity (Wildman–Crippen MR) is 75.9 cm³/mol. The summed E-state index contributed by atoms with van der Waals surface area (Å²) in [5.74, 6) is 0.457. The Kier molecular flexibility index (Phi) is 3.74. The number of nitrogens with one attached hydrogen (secondary N) is 1. The lowest BCUT2D eigenvalue weighted by molar-refractivity contribution is -0.134. The zero-order valence-corrected chi connectivity index (χ0v) is 11.8. The molecule has 2 fully saturated rings. The van der Waals surface area contributed by atoms with Gasteiger partial charge in [-0.05, 0) is 49.9 Å². The molecule has 3 nitrogen and oxygen atoms in total. The second kappa shape index (κ2) is 5.52. The fraction of sp³-hybridized carbons (Fsp3) is 0.562. The lowest BCUT2D eigenvalue weighted by Crippen LogP contribution is -2.47. The van der Waals surface area contributed by atoms with E-state index in [1.54, 1.807) is 12.1 Å². The lowest BCUT2D eigenvalue weighted by Gasteiger charge is -2.32. The summed E-state index contributed by atoms with van der Waals surface area (Å²) in [6.07, 6.45) is 3.13. The molecule has 0 bridgehead atoms. The van der Waals surface area contributed by atoms with E-state index in [1.165, 1.54) is 12.1 Å². The molecule has 1 heterocycles. The zero-order chi connectivity index (χ0) is 14.1. The van der Waals surface area contributed by atoms with E-state index >= 15 is 0 Å². The van der Waals surface area contributed by atoms with E-state index in [0.29, 0.717) is 6.04 Å². The number of piperidine rings is 1. The second-order valence-electron chi connectivity index (χ2n) is 5.91. The zero-order valence-electron chi connectivity index (χ0n) is 11.8. The van der Waals surface area contributed by atoms with Crippen molar-refractivity contribution in [2.24, 2.45) is 5.92 Å². The number of benzene rings is 1. The number of amides is 1. The average Bonchev–Trinajstić information content (AvgIpc) is 3.28. The van der Waals surface area contributed by atoms with Gasteiger partial charge in [-0.25, -0.2) is 4.39 Å². The van der Waals surface area contributed by atoms with Crippen LogP contribution in [0.2, 0.25) is 0 Å². The quantitative estimate of drug-likeness (QED) is 0.917. The topological polar surface area (TPSA) is 32.3 Å². The van der Waals surface area contributed by atoms with Crippen molar-refractivity contribution in [3.05, 3.63) is 35.6 Å². The molecule has 3 rings (SSSR count). The molecular weight excluding hydrogens is 255 g/mol. The van der Waals surface area contributed by atoms with Gasteiger partial charge >= 0.3 is 0 Å². The summed E-state index contributed by atoms with van der Waals surface area (Å²) >= 11 is 0. The molecule has 3 atom stereocenters. The average molecular weight is 276 g/mol. The van der Waals surface area contributed by atoms with Crippen LogP contribution in [0.15, 0.2) is 24.3 Å². The highest BCUT2D eigenvalue weighted by Gasteiger charge is 2.46. The molecule has 1 N–H and O–H groups in total. The predicted octanol–water partition coefficient (Wildman–Crippen LogP) is 2.14. The van der Waals surface area contributed by atoms with Gasteiger partial charge in [-0.15, -0.1) is 0 Å². The van der Waals surface area contributed by atoms with Crippen molar-refractivity contribution in [3.8, 4) is 0 Å². The fourth-order valence-electron chi connectivity index (χ4n) is 3.19. The first kappa shape index (κ1) is 13.6. The Hall–Kier alpha value is -1.42. The standard InChI is InChI=1S/C16H21FN2O/c1-18-13-3-2-8-19(10-13)16(20)15-9-14(15)11-4-6-12(17)7-5-11/h4-7,13-15,18H,2-3,8-10H2,1H3. The van der Waals surface area contributed by atoms with Gasteiger partial charge in [0.05, 0.1) is 0 Å². The maximum Gasteiger partial charge on any atom is 0.226 e.